The highest BCUT2D eigenvalue weighted by Crippen LogP contribution is 2.07. The zero-order chi connectivity index (χ0) is 8.97. The Labute approximate surface area is 71.9 Å². The summed E-state index contributed by atoms with van der Waals surface area (Å²) in [5.41, 5.74) is 1.30. The molecule has 0 atom stereocenters. The number of ketones is 1. The topological polar surface area (TPSA) is 29.1 Å². The van der Waals surface area contributed by atoms with Gasteiger partial charge in [-0.05, 0) is 12.1 Å². The number of rotatable bonds is 3. The fraction of sp³-hybridized carbons (Fsp3) is 0.100. The standard InChI is InChI=1S/C10H11NO/c1-8(9(2)12)11-10-6-4-3-5-7-10/h3-7,11H,1H2,2H3. The summed E-state index contributed by atoms with van der Waals surface area (Å²) in [5.74, 6) is -0.0427. The molecule has 0 spiro atoms. The van der Waals surface area contributed by atoms with E-state index in [0.717, 1.165) is 5.69 Å². The molecule has 0 amide bonds. The summed E-state index contributed by atoms with van der Waals surface area (Å²) in [5, 5.41) is 2.90. The fourth-order valence-electron chi connectivity index (χ4n) is 0.784. The number of allylic oxidation sites excluding steroid dienone is 1. The van der Waals surface area contributed by atoms with Crippen molar-refractivity contribution < 1.29 is 4.79 Å². The van der Waals surface area contributed by atoms with Gasteiger partial charge in [-0.25, -0.2) is 0 Å². The second kappa shape index (κ2) is 3.72. The van der Waals surface area contributed by atoms with Crippen molar-refractivity contribution in [2.24, 2.45) is 0 Å². The Kier molecular flexibility index (Phi) is 2.64. The van der Waals surface area contributed by atoms with Crippen molar-refractivity contribution in [1.82, 2.24) is 0 Å². The van der Waals surface area contributed by atoms with Crippen LogP contribution < -0.4 is 5.32 Å². The third kappa shape index (κ3) is 2.23. The molecule has 62 valence electrons. The van der Waals surface area contributed by atoms with Gasteiger partial charge in [-0.1, -0.05) is 24.8 Å². The van der Waals surface area contributed by atoms with Crippen molar-refractivity contribution >= 4 is 11.5 Å². The van der Waals surface area contributed by atoms with Crippen LogP contribution in [0.15, 0.2) is 42.6 Å². The van der Waals surface area contributed by atoms with Gasteiger partial charge in [0.25, 0.3) is 0 Å². The summed E-state index contributed by atoms with van der Waals surface area (Å²) in [6.07, 6.45) is 0. The first kappa shape index (κ1) is 8.53. The van der Waals surface area contributed by atoms with Crippen LogP contribution in [0, 0.1) is 0 Å². The van der Waals surface area contributed by atoms with E-state index in [9.17, 15) is 4.79 Å². The minimum Gasteiger partial charge on any atom is -0.353 e. The lowest BCUT2D eigenvalue weighted by Gasteiger charge is -2.04. The summed E-state index contributed by atoms with van der Waals surface area (Å²) >= 11 is 0. The number of Topliss-reactive ketones (excluding diaryl/α,β-unsaturated/α-hetero) is 1. The van der Waals surface area contributed by atoms with E-state index in [0.29, 0.717) is 5.70 Å². The van der Waals surface area contributed by atoms with Gasteiger partial charge in [0.1, 0.15) is 0 Å². The third-order valence-electron chi connectivity index (χ3n) is 1.49. The van der Waals surface area contributed by atoms with Gasteiger partial charge in [0, 0.05) is 12.6 Å². The molecule has 1 N–H and O–H groups in total. The van der Waals surface area contributed by atoms with Gasteiger partial charge in [0.05, 0.1) is 5.70 Å². The molecule has 2 heteroatoms. The Balaban J connectivity index is 2.65. The summed E-state index contributed by atoms with van der Waals surface area (Å²) in [4.78, 5) is 10.8. The quantitative estimate of drug-likeness (QED) is 0.688. The van der Waals surface area contributed by atoms with E-state index in [2.05, 4.69) is 11.9 Å². The smallest absolute Gasteiger partial charge is 0.175 e. The van der Waals surface area contributed by atoms with Gasteiger partial charge in [-0.2, -0.15) is 0 Å². The van der Waals surface area contributed by atoms with Crippen LogP contribution in [-0.4, -0.2) is 5.78 Å². The maximum atomic E-state index is 10.8. The van der Waals surface area contributed by atoms with Crippen molar-refractivity contribution in [3.63, 3.8) is 0 Å². The van der Waals surface area contributed by atoms with Crippen LogP contribution in [0.4, 0.5) is 5.69 Å². The number of anilines is 1. The van der Waals surface area contributed by atoms with Crippen LogP contribution >= 0.6 is 0 Å². The maximum absolute atomic E-state index is 10.8. The molecule has 0 unspecified atom stereocenters. The molecule has 1 aromatic rings. The summed E-state index contributed by atoms with van der Waals surface area (Å²) in [6.45, 7) is 5.07. The van der Waals surface area contributed by atoms with Gasteiger partial charge in [0.15, 0.2) is 5.78 Å². The van der Waals surface area contributed by atoms with Gasteiger partial charge < -0.3 is 5.32 Å². The molecule has 0 aliphatic heterocycles. The normalized spacial score (nSPS) is 9.08. The van der Waals surface area contributed by atoms with E-state index in [-0.39, 0.29) is 5.78 Å². The molecule has 0 aromatic heterocycles. The molecular formula is C10H11NO. The van der Waals surface area contributed by atoms with E-state index in [1.54, 1.807) is 0 Å². The first-order chi connectivity index (χ1) is 5.70. The third-order valence-corrected chi connectivity index (χ3v) is 1.49. The Hall–Kier alpha value is -1.57. The second-order valence-corrected chi connectivity index (χ2v) is 2.53. The Morgan fingerprint density at radius 2 is 1.92 bits per heavy atom. The highest BCUT2D eigenvalue weighted by Gasteiger charge is 1.98. The number of benzene rings is 1. The van der Waals surface area contributed by atoms with E-state index in [1.165, 1.54) is 6.92 Å². The van der Waals surface area contributed by atoms with Crippen molar-refractivity contribution in [3.8, 4) is 0 Å². The molecule has 0 heterocycles. The zero-order valence-electron chi connectivity index (χ0n) is 7.00. The van der Waals surface area contributed by atoms with Crippen LogP contribution in [0.25, 0.3) is 0 Å². The van der Waals surface area contributed by atoms with Crippen LogP contribution in [0.1, 0.15) is 6.92 Å². The number of carbonyl (C=O) groups excluding carboxylic acids is 1. The molecule has 2 nitrogen and oxygen atoms in total. The highest BCUT2D eigenvalue weighted by molar-refractivity contribution is 5.95. The van der Waals surface area contributed by atoms with Gasteiger partial charge in [0.2, 0.25) is 0 Å². The molecular weight excluding hydrogens is 150 g/mol. The fourth-order valence-corrected chi connectivity index (χ4v) is 0.784. The Bertz CT molecular complexity index is 290. The first-order valence-corrected chi connectivity index (χ1v) is 3.72. The Morgan fingerprint density at radius 1 is 1.33 bits per heavy atom. The van der Waals surface area contributed by atoms with Crippen LogP contribution in [-0.2, 0) is 4.79 Å². The molecule has 0 radical (unpaired) electrons. The molecule has 12 heavy (non-hydrogen) atoms. The summed E-state index contributed by atoms with van der Waals surface area (Å²) in [6, 6.07) is 9.48. The minimum absolute atomic E-state index is 0.0427. The van der Waals surface area contributed by atoms with Crippen molar-refractivity contribution in [3.05, 3.63) is 42.6 Å². The predicted octanol–water partition coefficient (Wildman–Crippen LogP) is 2.20. The number of nitrogens with one attached hydrogen (secondary N) is 1. The van der Waals surface area contributed by atoms with E-state index in [1.807, 2.05) is 30.3 Å². The monoisotopic (exact) mass is 161 g/mol. The van der Waals surface area contributed by atoms with Gasteiger partial charge in [-0.3, -0.25) is 4.79 Å². The molecule has 0 saturated heterocycles. The van der Waals surface area contributed by atoms with Crippen molar-refractivity contribution in [2.45, 2.75) is 6.92 Å². The summed E-state index contributed by atoms with van der Waals surface area (Å²) < 4.78 is 0. The lowest BCUT2D eigenvalue weighted by atomic mass is 10.3. The van der Waals surface area contributed by atoms with Crippen molar-refractivity contribution in [1.29, 1.82) is 0 Å². The van der Waals surface area contributed by atoms with Crippen LogP contribution in [0.2, 0.25) is 0 Å². The largest absolute Gasteiger partial charge is 0.353 e. The average Bonchev–Trinajstić information content (AvgIpc) is 2.06. The number of hydrogen-bond acceptors (Lipinski definition) is 2. The number of carbonyl (C=O) groups is 1. The van der Waals surface area contributed by atoms with Gasteiger partial charge >= 0.3 is 0 Å². The lowest BCUT2D eigenvalue weighted by molar-refractivity contribution is -0.113. The molecule has 0 aliphatic carbocycles. The zero-order valence-corrected chi connectivity index (χ0v) is 7.00. The predicted molar refractivity (Wildman–Crippen MR) is 49.9 cm³/mol. The Morgan fingerprint density at radius 3 is 2.42 bits per heavy atom. The van der Waals surface area contributed by atoms with E-state index < -0.39 is 0 Å². The van der Waals surface area contributed by atoms with Crippen molar-refractivity contribution in [2.75, 3.05) is 5.32 Å². The highest BCUT2D eigenvalue weighted by atomic mass is 16.1. The van der Waals surface area contributed by atoms with E-state index >= 15 is 0 Å². The SMILES string of the molecule is C=C(Nc1ccccc1)C(C)=O. The van der Waals surface area contributed by atoms with Gasteiger partial charge in [-0.15, -0.1) is 0 Å². The second-order valence-electron chi connectivity index (χ2n) is 2.53. The number of para-hydroxylation sites is 1. The molecule has 0 saturated carbocycles. The average molecular weight is 161 g/mol. The molecule has 0 aliphatic rings. The summed E-state index contributed by atoms with van der Waals surface area (Å²) in [7, 11) is 0. The maximum Gasteiger partial charge on any atom is 0.175 e. The molecule has 1 aromatic carbocycles. The minimum atomic E-state index is -0.0427. The van der Waals surface area contributed by atoms with Crippen LogP contribution in [0.3, 0.4) is 0 Å². The lowest BCUT2D eigenvalue weighted by Crippen LogP contribution is -2.05. The van der Waals surface area contributed by atoms with E-state index in [4.69, 9.17) is 0 Å². The molecule has 0 bridgehead atoms. The van der Waals surface area contributed by atoms with Crippen LogP contribution in [0.5, 0.6) is 0 Å². The first-order valence-electron chi connectivity index (χ1n) is 3.72. The molecule has 0 fully saturated rings. The molecule has 1 rings (SSSR count). The number of hydrogen-bond donors (Lipinski definition) is 1.